The van der Waals surface area contributed by atoms with Crippen LogP contribution in [0, 0.1) is 0 Å². The van der Waals surface area contributed by atoms with Crippen LogP contribution in [-0.4, -0.2) is 49.3 Å². The van der Waals surface area contributed by atoms with E-state index in [9.17, 15) is 19.0 Å². The number of unbranched alkanes of at least 4 members (excludes halogenated alkanes) is 31. The molecule has 0 rings (SSSR count). The first-order valence-electron chi connectivity index (χ1n) is 24.2. The van der Waals surface area contributed by atoms with Gasteiger partial charge in [-0.25, -0.2) is 4.57 Å². The fourth-order valence-corrected chi connectivity index (χ4v) is 7.81. The van der Waals surface area contributed by atoms with E-state index in [1.165, 1.54) is 167 Å². The third-order valence-corrected chi connectivity index (χ3v) is 11.6. The molecular formula is C47H92NO8P. The Bertz CT molecular complexity index is 948. The summed E-state index contributed by atoms with van der Waals surface area (Å²) in [6.45, 7) is 3.76. The Hall–Kier alpha value is -1.25. The van der Waals surface area contributed by atoms with Gasteiger partial charge in [-0.3, -0.25) is 18.6 Å². The summed E-state index contributed by atoms with van der Waals surface area (Å²) in [5, 5.41) is 0. The highest BCUT2D eigenvalue weighted by molar-refractivity contribution is 7.47. The van der Waals surface area contributed by atoms with Crippen LogP contribution in [0.25, 0.3) is 0 Å². The van der Waals surface area contributed by atoms with Crippen molar-refractivity contribution >= 4 is 19.8 Å². The number of esters is 2. The Kier molecular flexibility index (Phi) is 43.3. The third-order valence-electron chi connectivity index (χ3n) is 10.7. The van der Waals surface area contributed by atoms with Crippen LogP contribution in [0.5, 0.6) is 0 Å². The first kappa shape index (κ1) is 55.8. The molecule has 0 aliphatic heterocycles. The molecule has 1 unspecified atom stereocenters. The maximum Gasteiger partial charge on any atom is 0.472 e. The summed E-state index contributed by atoms with van der Waals surface area (Å²) in [7, 11) is -4.37. The van der Waals surface area contributed by atoms with Gasteiger partial charge in [-0.1, -0.05) is 206 Å². The zero-order valence-electron chi connectivity index (χ0n) is 37.3. The monoisotopic (exact) mass is 830 g/mol. The van der Waals surface area contributed by atoms with E-state index in [0.717, 1.165) is 44.9 Å². The summed E-state index contributed by atoms with van der Waals surface area (Å²) < 4.78 is 32.9. The molecule has 0 amide bonds. The quantitative estimate of drug-likeness (QED) is 0.0266. The van der Waals surface area contributed by atoms with E-state index in [0.29, 0.717) is 6.42 Å². The Labute approximate surface area is 351 Å². The molecule has 0 aromatic heterocycles. The number of hydrogen-bond acceptors (Lipinski definition) is 8. The first-order chi connectivity index (χ1) is 27.8. The second kappa shape index (κ2) is 44.3. The Morgan fingerprint density at radius 3 is 1.26 bits per heavy atom. The molecule has 0 bridgehead atoms. The SMILES string of the molecule is CCCCCC/C=C/CCCCCCCCCC(=O)O[C@@H](COC(=O)CCCCCCCCCCCCCCCCCCCCCCC)COP(=O)(O)OCCN. The van der Waals surface area contributed by atoms with Gasteiger partial charge in [0.25, 0.3) is 0 Å². The molecule has 0 spiro atoms. The van der Waals surface area contributed by atoms with Crippen molar-refractivity contribution in [2.75, 3.05) is 26.4 Å². The smallest absolute Gasteiger partial charge is 0.462 e. The van der Waals surface area contributed by atoms with E-state index in [2.05, 4.69) is 26.0 Å². The van der Waals surface area contributed by atoms with Gasteiger partial charge in [0.2, 0.25) is 0 Å². The minimum absolute atomic E-state index is 0.0556. The Morgan fingerprint density at radius 2 is 0.860 bits per heavy atom. The molecule has 57 heavy (non-hydrogen) atoms. The lowest BCUT2D eigenvalue weighted by Gasteiger charge is -2.19. The summed E-state index contributed by atoms with van der Waals surface area (Å²) in [4.78, 5) is 35.0. The lowest BCUT2D eigenvalue weighted by molar-refractivity contribution is -0.161. The molecule has 0 aliphatic carbocycles. The molecular weight excluding hydrogens is 737 g/mol. The van der Waals surface area contributed by atoms with Gasteiger partial charge in [0.15, 0.2) is 6.10 Å². The topological polar surface area (TPSA) is 134 Å². The fourth-order valence-electron chi connectivity index (χ4n) is 7.04. The van der Waals surface area contributed by atoms with Crippen molar-refractivity contribution < 1.29 is 37.6 Å². The van der Waals surface area contributed by atoms with Crippen molar-refractivity contribution in [3.05, 3.63) is 12.2 Å². The summed E-state index contributed by atoms with van der Waals surface area (Å²) in [5.41, 5.74) is 5.36. The van der Waals surface area contributed by atoms with Crippen molar-refractivity contribution in [2.24, 2.45) is 5.73 Å². The number of nitrogens with two attached hydrogens (primary N) is 1. The average Bonchev–Trinajstić information content (AvgIpc) is 3.20. The number of hydrogen-bond donors (Lipinski definition) is 2. The van der Waals surface area contributed by atoms with Crippen LogP contribution in [-0.2, 0) is 32.7 Å². The molecule has 9 nitrogen and oxygen atoms in total. The molecule has 0 fully saturated rings. The van der Waals surface area contributed by atoms with Gasteiger partial charge in [-0.2, -0.15) is 0 Å². The highest BCUT2D eigenvalue weighted by Gasteiger charge is 2.26. The molecule has 0 saturated heterocycles. The number of phosphoric acid groups is 1. The largest absolute Gasteiger partial charge is 0.472 e. The highest BCUT2D eigenvalue weighted by atomic mass is 31.2. The lowest BCUT2D eigenvalue weighted by atomic mass is 10.0. The van der Waals surface area contributed by atoms with Crippen LogP contribution in [0.2, 0.25) is 0 Å². The van der Waals surface area contributed by atoms with Crippen molar-refractivity contribution in [1.29, 1.82) is 0 Å². The number of carbonyl (C=O) groups is 2. The maximum absolute atomic E-state index is 12.6. The zero-order valence-corrected chi connectivity index (χ0v) is 38.2. The van der Waals surface area contributed by atoms with Crippen molar-refractivity contribution in [1.82, 2.24) is 0 Å². The average molecular weight is 830 g/mol. The minimum atomic E-state index is -4.37. The van der Waals surface area contributed by atoms with Gasteiger partial charge < -0.3 is 20.1 Å². The molecule has 10 heteroatoms. The van der Waals surface area contributed by atoms with E-state index >= 15 is 0 Å². The lowest BCUT2D eigenvalue weighted by Crippen LogP contribution is -2.29. The van der Waals surface area contributed by atoms with Gasteiger partial charge in [-0.15, -0.1) is 0 Å². The highest BCUT2D eigenvalue weighted by Crippen LogP contribution is 2.43. The predicted molar refractivity (Wildman–Crippen MR) is 238 cm³/mol. The molecule has 0 saturated carbocycles. The predicted octanol–water partition coefficient (Wildman–Crippen LogP) is 14.2. The second-order valence-corrected chi connectivity index (χ2v) is 17.8. The van der Waals surface area contributed by atoms with Gasteiger partial charge in [0.05, 0.1) is 13.2 Å². The standard InChI is InChI=1S/C47H92NO8P/c1-3-5-7-9-11-13-15-17-19-20-21-22-23-24-26-27-29-31-33-35-37-39-46(49)53-43-45(44-55-57(51,52)54-42-41-48)56-47(50)40-38-36-34-32-30-28-25-18-16-14-12-10-8-6-4-2/h14,16,45H,3-13,15,17-44,48H2,1-2H3,(H,51,52)/b16-14+/t45-/m0/s1. The Balaban J connectivity index is 4.02. The Morgan fingerprint density at radius 1 is 0.509 bits per heavy atom. The molecule has 338 valence electrons. The number of rotatable bonds is 46. The van der Waals surface area contributed by atoms with Crippen LogP contribution in [0.3, 0.4) is 0 Å². The molecule has 0 aliphatic rings. The number of phosphoric ester groups is 1. The maximum atomic E-state index is 12.6. The van der Waals surface area contributed by atoms with Crippen LogP contribution < -0.4 is 5.73 Å². The molecule has 0 aromatic rings. The number of ether oxygens (including phenoxy) is 2. The van der Waals surface area contributed by atoms with E-state index in [4.69, 9.17) is 24.3 Å². The van der Waals surface area contributed by atoms with E-state index in [1.807, 2.05) is 0 Å². The summed E-state index contributed by atoms with van der Waals surface area (Å²) in [6, 6.07) is 0. The van der Waals surface area contributed by atoms with E-state index < -0.39 is 26.5 Å². The zero-order chi connectivity index (χ0) is 41.8. The molecule has 3 N–H and O–H groups in total. The molecule has 0 heterocycles. The van der Waals surface area contributed by atoms with E-state index in [1.54, 1.807) is 0 Å². The molecule has 2 atom stereocenters. The fraction of sp³-hybridized carbons (Fsp3) is 0.915. The number of carbonyl (C=O) groups excluding carboxylic acids is 2. The van der Waals surface area contributed by atoms with Crippen LogP contribution in [0.4, 0.5) is 0 Å². The van der Waals surface area contributed by atoms with Crippen LogP contribution >= 0.6 is 7.82 Å². The van der Waals surface area contributed by atoms with Crippen molar-refractivity contribution in [3.8, 4) is 0 Å². The third kappa shape index (κ3) is 44.1. The second-order valence-electron chi connectivity index (χ2n) is 16.3. The van der Waals surface area contributed by atoms with Crippen LogP contribution in [0.15, 0.2) is 12.2 Å². The van der Waals surface area contributed by atoms with Crippen LogP contribution in [0.1, 0.15) is 245 Å². The van der Waals surface area contributed by atoms with Crippen molar-refractivity contribution in [2.45, 2.75) is 251 Å². The van der Waals surface area contributed by atoms with E-state index in [-0.39, 0.29) is 38.6 Å². The van der Waals surface area contributed by atoms with Gasteiger partial charge in [-0.05, 0) is 38.5 Å². The molecule has 0 aromatic carbocycles. The molecule has 0 radical (unpaired) electrons. The summed E-state index contributed by atoms with van der Waals surface area (Å²) in [5.74, 6) is -0.819. The van der Waals surface area contributed by atoms with Gasteiger partial charge in [0.1, 0.15) is 6.61 Å². The van der Waals surface area contributed by atoms with Gasteiger partial charge in [0, 0.05) is 19.4 Å². The number of allylic oxidation sites excluding steroid dienone is 2. The minimum Gasteiger partial charge on any atom is -0.462 e. The van der Waals surface area contributed by atoms with Crippen molar-refractivity contribution in [3.63, 3.8) is 0 Å². The van der Waals surface area contributed by atoms with Gasteiger partial charge >= 0.3 is 19.8 Å². The normalized spacial score (nSPS) is 13.3. The first-order valence-corrected chi connectivity index (χ1v) is 25.7. The summed E-state index contributed by atoms with van der Waals surface area (Å²) in [6.07, 6.45) is 46.7. The summed E-state index contributed by atoms with van der Waals surface area (Å²) >= 11 is 0.